The number of rotatable bonds is 6. The zero-order valence-electron chi connectivity index (χ0n) is 16.3. The van der Waals surface area contributed by atoms with Crippen molar-refractivity contribution in [3.05, 3.63) is 82.3 Å². The third kappa shape index (κ3) is 4.59. The zero-order chi connectivity index (χ0) is 19.4. The van der Waals surface area contributed by atoms with Crippen molar-refractivity contribution in [2.45, 2.75) is 34.1 Å². The van der Waals surface area contributed by atoms with E-state index >= 15 is 0 Å². The monoisotopic (exact) mass is 363 g/mol. The summed E-state index contributed by atoms with van der Waals surface area (Å²) in [5.74, 6) is 1.53. The Morgan fingerprint density at radius 3 is 2.48 bits per heavy atom. The Morgan fingerprint density at radius 1 is 1.04 bits per heavy atom. The maximum atomic E-state index is 12.5. The average molecular weight is 363 g/mol. The Kier molecular flexibility index (Phi) is 5.65. The standard InChI is InChI=1S/C23H25NO3/c1-5-26-19-8-6-7-18(13-19)24-23(25)22-10-9-20(27-22)14-21-16(3)11-15(2)12-17(21)4/h6-13H,5,14H2,1-4H3,(H,24,25). The first-order chi connectivity index (χ1) is 13.0. The number of aryl methyl sites for hydroxylation is 3. The van der Waals surface area contributed by atoms with E-state index in [1.165, 1.54) is 22.3 Å². The number of benzene rings is 2. The van der Waals surface area contributed by atoms with E-state index in [9.17, 15) is 4.79 Å². The van der Waals surface area contributed by atoms with Crippen molar-refractivity contribution in [3.63, 3.8) is 0 Å². The van der Waals surface area contributed by atoms with Crippen molar-refractivity contribution in [2.75, 3.05) is 11.9 Å². The second-order valence-electron chi connectivity index (χ2n) is 6.73. The lowest BCUT2D eigenvalue weighted by Gasteiger charge is -2.10. The van der Waals surface area contributed by atoms with E-state index in [-0.39, 0.29) is 5.91 Å². The van der Waals surface area contributed by atoms with Crippen LogP contribution in [0, 0.1) is 20.8 Å². The maximum Gasteiger partial charge on any atom is 0.291 e. The zero-order valence-corrected chi connectivity index (χ0v) is 16.3. The number of amides is 1. The van der Waals surface area contributed by atoms with E-state index in [1.807, 2.05) is 31.2 Å². The lowest BCUT2D eigenvalue weighted by atomic mass is 9.97. The molecule has 2 aromatic carbocycles. The highest BCUT2D eigenvalue weighted by atomic mass is 16.5. The van der Waals surface area contributed by atoms with Gasteiger partial charge in [-0.2, -0.15) is 0 Å². The summed E-state index contributed by atoms with van der Waals surface area (Å²) in [4.78, 5) is 12.5. The third-order valence-electron chi connectivity index (χ3n) is 4.48. The Labute approximate surface area is 160 Å². The van der Waals surface area contributed by atoms with Crippen molar-refractivity contribution in [3.8, 4) is 5.75 Å². The van der Waals surface area contributed by atoms with Gasteiger partial charge in [0.1, 0.15) is 11.5 Å². The second-order valence-corrected chi connectivity index (χ2v) is 6.73. The van der Waals surface area contributed by atoms with Crippen LogP contribution in [0.15, 0.2) is 52.9 Å². The first kappa shape index (κ1) is 18.8. The quantitative estimate of drug-likeness (QED) is 0.634. The topological polar surface area (TPSA) is 51.5 Å². The molecule has 0 aliphatic rings. The van der Waals surface area contributed by atoms with Crippen molar-refractivity contribution in [1.29, 1.82) is 0 Å². The summed E-state index contributed by atoms with van der Waals surface area (Å²) in [5.41, 5.74) is 5.65. The lowest BCUT2D eigenvalue weighted by Crippen LogP contribution is -2.11. The molecule has 4 nitrogen and oxygen atoms in total. The number of hydrogen-bond donors (Lipinski definition) is 1. The number of nitrogens with one attached hydrogen (secondary N) is 1. The minimum atomic E-state index is -0.271. The molecule has 0 bridgehead atoms. The highest BCUT2D eigenvalue weighted by molar-refractivity contribution is 6.02. The molecule has 0 fully saturated rings. The molecule has 0 unspecified atom stereocenters. The number of hydrogen-bond acceptors (Lipinski definition) is 3. The van der Waals surface area contributed by atoms with Gasteiger partial charge in [0.15, 0.2) is 5.76 Å². The van der Waals surface area contributed by atoms with Crippen LogP contribution in [0.2, 0.25) is 0 Å². The fourth-order valence-corrected chi connectivity index (χ4v) is 3.28. The number of ether oxygens (including phenoxy) is 1. The van der Waals surface area contributed by atoms with Crippen LogP contribution in [0.4, 0.5) is 5.69 Å². The molecule has 1 N–H and O–H groups in total. The lowest BCUT2D eigenvalue weighted by molar-refractivity contribution is 0.0995. The molecule has 0 aliphatic heterocycles. The molecular weight excluding hydrogens is 338 g/mol. The molecule has 0 aliphatic carbocycles. The molecule has 27 heavy (non-hydrogen) atoms. The molecule has 1 heterocycles. The smallest absolute Gasteiger partial charge is 0.291 e. The predicted molar refractivity (Wildman–Crippen MR) is 108 cm³/mol. The fraction of sp³-hybridized carbons (Fsp3) is 0.261. The summed E-state index contributed by atoms with van der Waals surface area (Å²) in [7, 11) is 0. The molecule has 0 radical (unpaired) electrons. The van der Waals surface area contributed by atoms with Gasteiger partial charge < -0.3 is 14.5 Å². The van der Waals surface area contributed by atoms with E-state index in [2.05, 4.69) is 38.2 Å². The van der Waals surface area contributed by atoms with Crippen molar-refractivity contribution in [1.82, 2.24) is 0 Å². The molecule has 1 amide bonds. The van der Waals surface area contributed by atoms with Gasteiger partial charge in [-0.3, -0.25) is 4.79 Å². The Bertz CT molecular complexity index is 933. The van der Waals surface area contributed by atoms with Gasteiger partial charge in [0.2, 0.25) is 0 Å². The number of carbonyl (C=O) groups excluding carboxylic acids is 1. The SMILES string of the molecule is CCOc1cccc(NC(=O)c2ccc(Cc3c(C)cc(C)cc3C)o2)c1. The summed E-state index contributed by atoms with van der Waals surface area (Å²) >= 11 is 0. The first-order valence-corrected chi connectivity index (χ1v) is 9.16. The van der Waals surface area contributed by atoms with Gasteiger partial charge in [0.05, 0.1) is 6.61 Å². The van der Waals surface area contributed by atoms with Crippen molar-refractivity contribution >= 4 is 11.6 Å². The molecular formula is C23H25NO3. The summed E-state index contributed by atoms with van der Waals surface area (Å²) in [6.07, 6.45) is 0.672. The van der Waals surface area contributed by atoms with Gasteiger partial charge in [0, 0.05) is 18.2 Å². The van der Waals surface area contributed by atoms with Gasteiger partial charge in [0.25, 0.3) is 5.91 Å². The second kappa shape index (κ2) is 8.12. The van der Waals surface area contributed by atoms with E-state index in [4.69, 9.17) is 9.15 Å². The average Bonchev–Trinajstić information content (AvgIpc) is 3.07. The van der Waals surface area contributed by atoms with E-state index in [0.29, 0.717) is 24.5 Å². The minimum absolute atomic E-state index is 0.271. The maximum absolute atomic E-state index is 12.5. The minimum Gasteiger partial charge on any atom is -0.494 e. The fourth-order valence-electron chi connectivity index (χ4n) is 3.28. The summed E-state index contributed by atoms with van der Waals surface area (Å²) in [6.45, 7) is 8.82. The van der Waals surface area contributed by atoms with Gasteiger partial charge in [-0.1, -0.05) is 23.8 Å². The Morgan fingerprint density at radius 2 is 1.78 bits per heavy atom. The normalized spacial score (nSPS) is 10.7. The molecule has 1 aromatic heterocycles. The van der Waals surface area contributed by atoms with Crippen LogP contribution in [0.25, 0.3) is 0 Å². The van der Waals surface area contributed by atoms with Crippen LogP contribution in [0.5, 0.6) is 5.75 Å². The van der Waals surface area contributed by atoms with Gasteiger partial charge in [-0.05, 0) is 68.7 Å². The molecule has 0 saturated carbocycles. The van der Waals surface area contributed by atoms with Crippen LogP contribution in [0.1, 0.15) is 45.5 Å². The van der Waals surface area contributed by atoms with E-state index in [1.54, 1.807) is 12.1 Å². The number of carbonyl (C=O) groups is 1. The first-order valence-electron chi connectivity index (χ1n) is 9.16. The number of anilines is 1. The van der Waals surface area contributed by atoms with Crippen LogP contribution in [-0.2, 0) is 6.42 Å². The van der Waals surface area contributed by atoms with Crippen LogP contribution in [0.3, 0.4) is 0 Å². The highest BCUT2D eigenvalue weighted by Crippen LogP contribution is 2.22. The summed E-state index contributed by atoms with van der Waals surface area (Å²) in [5, 5.41) is 2.85. The largest absolute Gasteiger partial charge is 0.494 e. The summed E-state index contributed by atoms with van der Waals surface area (Å²) < 4.78 is 11.3. The van der Waals surface area contributed by atoms with Crippen LogP contribution < -0.4 is 10.1 Å². The molecule has 0 saturated heterocycles. The highest BCUT2D eigenvalue weighted by Gasteiger charge is 2.14. The van der Waals surface area contributed by atoms with Crippen molar-refractivity contribution in [2.24, 2.45) is 0 Å². The Balaban J connectivity index is 1.72. The van der Waals surface area contributed by atoms with Gasteiger partial charge in [-0.15, -0.1) is 0 Å². The summed E-state index contributed by atoms with van der Waals surface area (Å²) in [6, 6.07) is 15.2. The molecule has 4 heteroatoms. The Hall–Kier alpha value is -3.01. The van der Waals surface area contributed by atoms with E-state index in [0.717, 1.165) is 11.5 Å². The van der Waals surface area contributed by atoms with Gasteiger partial charge >= 0.3 is 0 Å². The van der Waals surface area contributed by atoms with Crippen LogP contribution >= 0.6 is 0 Å². The van der Waals surface area contributed by atoms with E-state index < -0.39 is 0 Å². The molecule has 140 valence electrons. The predicted octanol–water partition coefficient (Wildman–Crippen LogP) is 5.45. The van der Waals surface area contributed by atoms with Crippen molar-refractivity contribution < 1.29 is 13.9 Å². The molecule has 3 aromatic rings. The third-order valence-corrected chi connectivity index (χ3v) is 4.48. The molecule has 3 rings (SSSR count). The molecule has 0 atom stereocenters. The number of furan rings is 1. The van der Waals surface area contributed by atoms with Gasteiger partial charge in [-0.25, -0.2) is 0 Å². The van der Waals surface area contributed by atoms with Crippen LogP contribution in [-0.4, -0.2) is 12.5 Å². The molecule has 0 spiro atoms.